The first kappa shape index (κ1) is 24.2. The van der Waals surface area contributed by atoms with Gasteiger partial charge in [0, 0.05) is 34.7 Å². The first-order chi connectivity index (χ1) is 16.9. The van der Waals surface area contributed by atoms with E-state index in [0.717, 1.165) is 38.8 Å². The monoisotopic (exact) mass is 475 g/mol. The van der Waals surface area contributed by atoms with Crippen LogP contribution in [0.5, 0.6) is 5.75 Å². The summed E-state index contributed by atoms with van der Waals surface area (Å²) in [5, 5.41) is 3.74. The lowest BCUT2D eigenvalue weighted by Gasteiger charge is -2.15. The Hall–Kier alpha value is -3.93. The van der Waals surface area contributed by atoms with Crippen LogP contribution >= 0.6 is 0 Å². The summed E-state index contributed by atoms with van der Waals surface area (Å²) in [6.45, 7) is 6.58. The van der Waals surface area contributed by atoms with E-state index in [2.05, 4.69) is 5.32 Å². The average Bonchev–Trinajstić information content (AvgIpc) is 3.27. The van der Waals surface area contributed by atoms with Crippen LogP contribution in [0.25, 0.3) is 27.7 Å². The Morgan fingerprint density at radius 2 is 1.71 bits per heavy atom. The number of furan rings is 1. The number of carbonyl (C=O) groups excluding carboxylic acids is 1. The van der Waals surface area contributed by atoms with Crippen LogP contribution in [0.1, 0.15) is 30.5 Å². The minimum absolute atomic E-state index is 0.226. The highest BCUT2D eigenvalue weighted by Gasteiger charge is 2.19. The first-order valence-electron chi connectivity index (χ1n) is 11.5. The Bertz CT molecular complexity index is 1370. The maximum absolute atomic E-state index is 13.4. The zero-order valence-corrected chi connectivity index (χ0v) is 20.0. The summed E-state index contributed by atoms with van der Waals surface area (Å²) in [6.07, 6.45) is 3.81. The van der Waals surface area contributed by atoms with E-state index in [1.807, 2.05) is 26.8 Å². The molecule has 0 aliphatic heterocycles. The third-order valence-electron chi connectivity index (χ3n) is 5.89. The molecule has 0 atom stereocenters. The largest absolute Gasteiger partial charge is 0.493 e. The van der Waals surface area contributed by atoms with Gasteiger partial charge in [-0.2, -0.15) is 0 Å². The fourth-order valence-electron chi connectivity index (χ4n) is 4.10. The number of hydrogen-bond donors (Lipinski definition) is 1. The molecular formula is C29H27F2NO3. The molecule has 35 heavy (non-hydrogen) atoms. The molecule has 0 saturated carbocycles. The second-order valence-corrected chi connectivity index (χ2v) is 8.34. The van der Waals surface area contributed by atoms with Gasteiger partial charge in [-0.05, 0) is 74.2 Å². The molecular weight excluding hydrogens is 448 g/mol. The van der Waals surface area contributed by atoms with Crippen molar-refractivity contribution in [2.45, 2.75) is 27.2 Å². The van der Waals surface area contributed by atoms with Crippen LogP contribution in [-0.2, 0) is 11.2 Å². The molecule has 4 aromatic rings. The highest BCUT2D eigenvalue weighted by atomic mass is 19.1. The molecule has 1 N–H and O–H groups in total. The number of benzene rings is 3. The van der Waals surface area contributed by atoms with Gasteiger partial charge in [0.15, 0.2) is 0 Å². The number of allylic oxidation sites excluding steroid dienone is 1. The van der Waals surface area contributed by atoms with E-state index in [-0.39, 0.29) is 17.5 Å². The summed E-state index contributed by atoms with van der Waals surface area (Å²) in [5.41, 5.74) is 5.66. The molecule has 0 spiro atoms. The Morgan fingerprint density at radius 1 is 1.06 bits per heavy atom. The van der Waals surface area contributed by atoms with E-state index in [1.165, 1.54) is 24.3 Å². The number of amides is 1. The van der Waals surface area contributed by atoms with Gasteiger partial charge >= 0.3 is 0 Å². The minimum Gasteiger partial charge on any atom is -0.493 e. The number of ether oxygens (including phenoxy) is 1. The van der Waals surface area contributed by atoms with E-state index in [4.69, 9.17) is 9.15 Å². The molecule has 6 heteroatoms. The van der Waals surface area contributed by atoms with Gasteiger partial charge in [-0.1, -0.05) is 24.3 Å². The molecule has 3 aromatic carbocycles. The second kappa shape index (κ2) is 10.6. The number of fused-ring (bicyclic) bond motifs is 1. The lowest BCUT2D eigenvalue weighted by Crippen LogP contribution is -2.23. The van der Waals surface area contributed by atoms with Crippen LogP contribution in [0, 0.1) is 18.6 Å². The zero-order chi connectivity index (χ0) is 24.9. The van der Waals surface area contributed by atoms with Gasteiger partial charge in [0.2, 0.25) is 5.91 Å². The predicted molar refractivity (Wildman–Crippen MR) is 134 cm³/mol. The van der Waals surface area contributed by atoms with Gasteiger partial charge in [0.05, 0.1) is 12.9 Å². The number of nitrogens with one attached hydrogen (secondary N) is 1. The molecule has 0 unspecified atom stereocenters. The molecule has 1 amide bonds. The van der Waals surface area contributed by atoms with Crippen molar-refractivity contribution in [1.29, 1.82) is 0 Å². The molecule has 0 aliphatic carbocycles. The van der Waals surface area contributed by atoms with Crippen LogP contribution in [0.2, 0.25) is 0 Å². The number of carbonyl (C=O) groups is 1. The first-order valence-corrected chi connectivity index (χ1v) is 11.5. The summed E-state index contributed by atoms with van der Waals surface area (Å²) in [4.78, 5) is 12.6. The van der Waals surface area contributed by atoms with Gasteiger partial charge in [-0.3, -0.25) is 4.79 Å². The normalized spacial score (nSPS) is 11.6. The molecule has 180 valence electrons. The molecule has 0 fully saturated rings. The van der Waals surface area contributed by atoms with Crippen LogP contribution in [0.3, 0.4) is 0 Å². The number of halogens is 2. The molecule has 0 radical (unpaired) electrons. The molecule has 0 aliphatic rings. The Balaban J connectivity index is 1.62. The van der Waals surface area contributed by atoms with E-state index in [9.17, 15) is 13.6 Å². The van der Waals surface area contributed by atoms with E-state index in [1.54, 1.807) is 36.6 Å². The van der Waals surface area contributed by atoms with Crippen LogP contribution in [-0.4, -0.2) is 19.1 Å². The third kappa shape index (κ3) is 5.43. The fraction of sp³-hybridized carbons (Fsp3) is 0.207. The van der Waals surface area contributed by atoms with Crippen molar-refractivity contribution >= 4 is 22.4 Å². The summed E-state index contributed by atoms with van der Waals surface area (Å²) in [5.74, 6) is -0.154. The van der Waals surface area contributed by atoms with Crippen molar-refractivity contribution in [2.75, 3.05) is 13.2 Å². The van der Waals surface area contributed by atoms with Crippen LogP contribution in [0.4, 0.5) is 8.78 Å². The third-order valence-corrected chi connectivity index (χ3v) is 5.89. The van der Waals surface area contributed by atoms with Gasteiger partial charge in [-0.25, -0.2) is 8.78 Å². The van der Waals surface area contributed by atoms with Crippen molar-refractivity contribution < 1.29 is 22.7 Å². The predicted octanol–water partition coefficient (Wildman–Crippen LogP) is 6.85. The second-order valence-electron chi connectivity index (χ2n) is 8.34. The van der Waals surface area contributed by atoms with Crippen LogP contribution in [0.15, 0.2) is 71.4 Å². The van der Waals surface area contributed by atoms with Crippen molar-refractivity contribution in [2.24, 2.45) is 0 Å². The molecule has 1 heterocycles. The summed E-state index contributed by atoms with van der Waals surface area (Å²) in [6, 6.07) is 14.4. The molecule has 0 saturated heterocycles. The topological polar surface area (TPSA) is 51.5 Å². The summed E-state index contributed by atoms with van der Waals surface area (Å²) >= 11 is 0. The van der Waals surface area contributed by atoms with Gasteiger partial charge in [-0.15, -0.1) is 0 Å². The van der Waals surface area contributed by atoms with Crippen molar-refractivity contribution in [1.82, 2.24) is 5.32 Å². The van der Waals surface area contributed by atoms with Crippen LogP contribution < -0.4 is 10.1 Å². The van der Waals surface area contributed by atoms with E-state index >= 15 is 0 Å². The smallest absolute Gasteiger partial charge is 0.244 e. The fourth-order valence-corrected chi connectivity index (χ4v) is 4.10. The maximum Gasteiger partial charge on any atom is 0.244 e. The van der Waals surface area contributed by atoms with E-state index in [0.29, 0.717) is 30.9 Å². The van der Waals surface area contributed by atoms with Gasteiger partial charge < -0.3 is 14.5 Å². The van der Waals surface area contributed by atoms with Gasteiger partial charge in [0.25, 0.3) is 0 Å². The standard InChI is InChI=1S/C29H27F2NO3/c1-4-34-28-19(3)29-25(26(17-35-29)21-7-11-23(31)12-8-21)16-24(28)18(2)15-27(33)32-14-13-20-5-9-22(30)10-6-20/h5-12,15-17H,4,13-14H2,1-3H3,(H,32,33)/b18-15+. The highest BCUT2D eigenvalue weighted by Crippen LogP contribution is 2.40. The number of hydrogen-bond acceptors (Lipinski definition) is 3. The van der Waals surface area contributed by atoms with E-state index < -0.39 is 0 Å². The maximum atomic E-state index is 13.4. The SMILES string of the molecule is CCOc1c(/C(C)=C/C(=O)NCCc2ccc(F)cc2)cc2c(-c3ccc(F)cc3)coc2c1C. The Kier molecular flexibility index (Phi) is 7.30. The Morgan fingerprint density at radius 3 is 2.37 bits per heavy atom. The molecule has 4 rings (SSSR count). The zero-order valence-electron chi connectivity index (χ0n) is 20.0. The molecule has 1 aromatic heterocycles. The lowest BCUT2D eigenvalue weighted by molar-refractivity contribution is -0.116. The number of rotatable bonds is 8. The average molecular weight is 476 g/mol. The lowest BCUT2D eigenvalue weighted by atomic mass is 9.96. The molecule has 4 nitrogen and oxygen atoms in total. The Labute approximate surface area is 203 Å². The summed E-state index contributed by atoms with van der Waals surface area (Å²) in [7, 11) is 0. The summed E-state index contributed by atoms with van der Waals surface area (Å²) < 4.78 is 38.3. The minimum atomic E-state index is -0.304. The van der Waals surface area contributed by atoms with Crippen molar-refractivity contribution in [3.8, 4) is 16.9 Å². The molecule has 0 bridgehead atoms. The number of aryl methyl sites for hydroxylation is 1. The van der Waals surface area contributed by atoms with Crippen molar-refractivity contribution in [3.05, 3.63) is 95.3 Å². The van der Waals surface area contributed by atoms with Gasteiger partial charge in [0.1, 0.15) is 23.0 Å². The van der Waals surface area contributed by atoms with Crippen molar-refractivity contribution in [3.63, 3.8) is 0 Å². The quantitative estimate of drug-likeness (QED) is 0.284. The highest BCUT2D eigenvalue weighted by molar-refractivity contribution is 6.01.